The van der Waals surface area contributed by atoms with E-state index in [1.807, 2.05) is 41.0 Å². The first-order chi connectivity index (χ1) is 16.7. The number of amides is 2. The number of benzene rings is 2. The average molecular weight is 480 g/mol. The number of rotatable bonds is 6. The number of thioether (sulfide) groups is 1. The number of hydrogen-bond donors (Lipinski definition) is 1. The molecule has 10 heteroatoms. The number of nitrogens with one attached hydrogen (secondary N) is 1. The number of piperidine rings is 1. The summed E-state index contributed by atoms with van der Waals surface area (Å²) in [6, 6.07) is 17.0. The summed E-state index contributed by atoms with van der Waals surface area (Å²) in [4.78, 5) is 27.3. The number of carbonyl (C=O) groups excluding carboxylic acids is 2. The molecule has 2 aliphatic rings. The lowest BCUT2D eigenvalue weighted by Gasteiger charge is -2.27. The molecule has 2 aromatic carbocycles. The Balaban J connectivity index is 1.24. The molecule has 3 aromatic rings. The summed E-state index contributed by atoms with van der Waals surface area (Å²) in [5.41, 5.74) is 0.929. The molecule has 2 amide bonds. The largest absolute Gasteiger partial charge is 0.485 e. The van der Waals surface area contributed by atoms with Crippen LogP contribution in [0.15, 0.2) is 59.8 Å². The lowest BCUT2D eigenvalue weighted by Crippen LogP contribution is -2.46. The Hall–Kier alpha value is -3.53. The van der Waals surface area contributed by atoms with Crippen LogP contribution in [0.4, 0.5) is 5.95 Å². The number of aromatic nitrogens is 3. The van der Waals surface area contributed by atoms with E-state index in [-0.39, 0.29) is 12.4 Å². The number of carbonyl (C=O) groups is 2. The molecule has 0 spiro atoms. The van der Waals surface area contributed by atoms with Crippen molar-refractivity contribution < 1.29 is 19.1 Å². The highest BCUT2D eigenvalue weighted by molar-refractivity contribution is 7.99. The topological polar surface area (TPSA) is 98.6 Å². The summed E-state index contributed by atoms with van der Waals surface area (Å²) < 4.78 is 13.2. The van der Waals surface area contributed by atoms with E-state index in [9.17, 15) is 9.59 Å². The van der Waals surface area contributed by atoms with Gasteiger partial charge < -0.3 is 14.4 Å². The van der Waals surface area contributed by atoms with Crippen molar-refractivity contribution in [3.8, 4) is 17.2 Å². The van der Waals surface area contributed by atoms with Crippen molar-refractivity contribution in [1.29, 1.82) is 0 Å². The van der Waals surface area contributed by atoms with Gasteiger partial charge in [-0.3, -0.25) is 19.5 Å². The van der Waals surface area contributed by atoms with Crippen LogP contribution in [-0.2, 0) is 9.59 Å². The Kier molecular flexibility index (Phi) is 6.66. The maximum Gasteiger partial charge on any atom is 0.271 e. The van der Waals surface area contributed by atoms with E-state index in [4.69, 9.17) is 9.47 Å². The van der Waals surface area contributed by atoms with Crippen LogP contribution >= 0.6 is 11.8 Å². The van der Waals surface area contributed by atoms with Crippen molar-refractivity contribution in [2.75, 3.05) is 30.3 Å². The van der Waals surface area contributed by atoms with E-state index < -0.39 is 17.9 Å². The molecule has 0 radical (unpaired) electrons. The van der Waals surface area contributed by atoms with E-state index in [1.54, 1.807) is 18.2 Å². The van der Waals surface area contributed by atoms with Gasteiger partial charge in [0.25, 0.3) is 5.91 Å². The SMILES string of the molecule is O=C(CSc1nnc(N2CCCCC2)n1-c1ccccc1)NC(=O)C1COc2ccccc2O1. The Labute approximate surface area is 201 Å². The van der Waals surface area contributed by atoms with Gasteiger partial charge in [0.1, 0.15) is 6.61 Å². The van der Waals surface area contributed by atoms with Gasteiger partial charge in [-0.1, -0.05) is 42.1 Å². The Morgan fingerprint density at radius 2 is 1.71 bits per heavy atom. The number of anilines is 1. The third-order valence-electron chi connectivity index (χ3n) is 5.67. The van der Waals surface area contributed by atoms with Crippen molar-refractivity contribution in [1.82, 2.24) is 20.1 Å². The fourth-order valence-electron chi connectivity index (χ4n) is 3.99. The van der Waals surface area contributed by atoms with Gasteiger partial charge in [-0.15, -0.1) is 10.2 Å². The average Bonchev–Trinajstić information content (AvgIpc) is 3.32. The summed E-state index contributed by atoms with van der Waals surface area (Å²) in [5, 5.41) is 11.8. The lowest BCUT2D eigenvalue weighted by molar-refractivity contribution is -0.135. The maximum absolute atomic E-state index is 12.6. The minimum absolute atomic E-state index is 0.0148. The van der Waals surface area contributed by atoms with Crippen molar-refractivity contribution in [2.24, 2.45) is 0 Å². The van der Waals surface area contributed by atoms with Gasteiger partial charge in [-0.25, -0.2) is 0 Å². The molecule has 1 fully saturated rings. The van der Waals surface area contributed by atoms with Crippen molar-refractivity contribution in [2.45, 2.75) is 30.5 Å². The Bertz CT molecular complexity index is 1160. The fourth-order valence-corrected chi connectivity index (χ4v) is 4.74. The van der Waals surface area contributed by atoms with Crippen molar-refractivity contribution in [3.63, 3.8) is 0 Å². The minimum Gasteiger partial charge on any atom is -0.485 e. The highest BCUT2D eigenvalue weighted by Crippen LogP contribution is 2.31. The molecule has 9 nitrogen and oxygen atoms in total. The first-order valence-corrected chi connectivity index (χ1v) is 12.3. The van der Waals surface area contributed by atoms with Gasteiger partial charge in [0, 0.05) is 13.1 Å². The van der Waals surface area contributed by atoms with Gasteiger partial charge in [-0.2, -0.15) is 0 Å². The van der Waals surface area contributed by atoms with Gasteiger partial charge in [0.15, 0.2) is 16.7 Å². The van der Waals surface area contributed by atoms with Crippen LogP contribution in [0.5, 0.6) is 11.5 Å². The zero-order valence-corrected chi connectivity index (χ0v) is 19.4. The van der Waals surface area contributed by atoms with E-state index in [2.05, 4.69) is 20.4 Å². The van der Waals surface area contributed by atoms with E-state index in [1.165, 1.54) is 18.2 Å². The molecule has 1 atom stereocenters. The molecular formula is C24H25N5O4S. The summed E-state index contributed by atoms with van der Waals surface area (Å²) in [6.45, 7) is 1.90. The van der Waals surface area contributed by atoms with Gasteiger partial charge in [0.05, 0.1) is 11.4 Å². The molecule has 0 saturated carbocycles. The molecule has 5 rings (SSSR count). The Morgan fingerprint density at radius 3 is 2.50 bits per heavy atom. The number of imide groups is 1. The third-order valence-corrected chi connectivity index (χ3v) is 6.59. The smallest absolute Gasteiger partial charge is 0.271 e. The zero-order chi connectivity index (χ0) is 23.3. The van der Waals surface area contributed by atoms with Crippen LogP contribution in [0, 0.1) is 0 Å². The lowest BCUT2D eigenvalue weighted by atomic mass is 10.1. The molecular weight excluding hydrogens is 454 g/mol. The number of hydrogen-bond acceptors (Lipinski definition) is 8. The molecule has 0 bridgehead atoms. The molecule has 3 heterocycles. The number of para-hydroxylation sites is 3. The quantitative estimate of drug-likeness (QED) is 0.539. The summed E-state index contributed by atoms with van der Waals surface area (Å²) in [7, 11) is 0. The first-order valence-electron chi connectivity index (χ1n) is 11.3. The predicted octanol–water partition coefficient (Wildman–Crippen LogP) is 2.83. The molecule has 1 N–H and O–H groups in total. The molecule has 176 valence electrons. The van der Waals surface area contributed by atoms with Crippen LogP contribution in [0.25, 0.3) is 5.69 Å². The molecule has 34 heavy (non-hydrogen) atoms. The molecule has 2 aliphatic heterocycles. The van der Waals surface area contributed by atoms with E-state index in [0.29, 0.717) is 16.7 Å². The second-order valence-electron chi connectivity index (χ2n) is 8.07. The zero-order valence-electron chi connectivity index (χ0n) is 18.6. The second kappa shape index (κ2) is 10.2. The third kappa shape index (κ3) is 4.86. The molecule has 0 aliphatic carbocycles. The number of ether oxygens (including phenoxy) is 2. The van der Waals surface area contributed by atoms with E-state index in [0.717, 1.165) is 37.6 Å². The van der Waals surface area contributed by atoms with Crippen LogP contribution in [0.2, 0.25) is 0 Å². The minimum atomic E-state index is -0.887. The normalized spacial score (nSPS) is 17.3. The highest BCUT2D eigenvalue weighted by Gasteiger charge is 2.29. The summed E-state index contributed by atoms with van der Waals surface area (Å²) in [5.74, 6) is 0.894. The maximum atomic E-state index is 12.6. The predicted molar refractivity (Wildman–Crippen MR) is 128 cm³/mol. The number of nitrogens with zero attached hydrogens (tertiary/aromatic N) is 4. The first kappa shape index (κ1) is 22.3. The van der Waals surface area contributed by atoms with E-state index >= 15 is 0 Å². The van der Waals surface area contributed by atoms with Crippen molar-refractivity contribution in [3.05, 3.63) is 54.6 Å². The summed E-state index contributed by atoms with van der Waals surface area (Å²) in [6.07, 6.45) is 2.56. The van der Waals surface area contributed by atoms with Gasteiger partial charge in [0.2, 0.25) is 18.0 Å². The molecule has 1 unspecified atom stereocenters. The summed E-state index contributed by atoms with van der Waals surface area (Å²) >= 11 is 1.24. The van der Waals surface area contributed by atoms with Gasteiger partial charge in [-0.05, 0) is 43.5 Å². The van der Waals surface area contributed by atoms with Crippen molar-refractivity contribution >= 4 is 29.5 Å². The van der Waals surface area contributed by atoms with Crippen LogP contribution in [-0.4, -0.2) is 58.1 Å². The number of fused-ring (bicyclic) bond motifs is 1. The second-order valence-corrected chi connectivity index (χ2v) is 9.01. The van der Waals surface area contributed by atoms with Crippen LogP contribution < -0.4 is 19.7 Å². The highest BCUT2D eigenvalue weighted by atomic mass is 32.2. The molecule has 1 saturated heterocycles. The standard InChI is InChI=1S/C24H25N5O4S/c30-21(25-22(31)20-15-32-18-11-5-6-12-19(18)33-20)16-34-24-27-26-23(28-13-7-2-8-14-28)29(24)17-9-3-1-4-10-17/h1,3-6,9-12,20H,2,7-8,13-16H2,(H,25,30,31). The van der Waals surface area contributed by atoms with Crippen LogP contribution in [0.1, 0.15) is 19.3 Å². The van der Waals surface area contributed by atoms with Gasteiger partial charge >= 0.3 is 0 Å². The monoisotopic (exact) mass is 479 g/mol. The molecule has 1 aromatic heterocycles. The Morgan fingerprint density at radius 1 is 0.971 bits per heavy atom. The van der Waals surface area contributed by atoms with Crippen LogP contribution in [0.3, 0.4) is 0 Å². The fraction of sp³-hybridized carbons (Fsp3) is 0.333.